The SMILES string of the molecule is O=C(CN1CC(O)(C2CC2)C1)N1CCCCCCC1. The van der Waals surface area contributed by atoms with Gasteiger partial charge in [-0.2, -0.15) is 0 Å². The van der Waals surface area contributed by atoms with Crippen LogP contribution in [0.4, 0.5) is 0 Å². The van der Waals surface area contributed by atoms with Crippen LogP contribution in [0.5, 0.6) is 0 Å². The predicted molar refractivity (Wildman–Crippen MR) is 73.8 cm³/mol. The minimum atomic E-state index is -0.462. The number of nitrogens with zero attached hydrogens (tertiary/aromatic N) is 2. The van der Waals surface area contributed by atoms with E-state index in [0.29, 0.717) is 25.6 Å². The normalized spacial score (nSPS) is 28.4. The Bertz CT molecular complexity index is 327. The van der Waals surface area contributed by atoms with Gasteiger partial charge in [0.15, 0.2) is 0 Å². The third-order valence-electron chi connectivity index (χ3n) is 4.90. The van der Waals surface area contributed by atoms with Crippen LogP contribution in [0.15, 0.2) is 0 Å². The largest absolute Gasteiger partial charge is 0.387 e. The van der Waals surface area contributed by atoms with Gasteiger partial charge in [0.1, 0.15) is 0 Å². The molecule has 2 aliphatic heterocycles. The molecule has 4 nitrogen and oxygen atoms in total. The van der Waals surface area contributed by atoms with Crippen LogP contribution in [-0.2, 0) is 4.79 Å². The molecule has 0 radical (unpaired) electrons. The summed E-state index contributed by atoms with van der Waals surface area (Å²) in [5.41, 5.74) is -0.462. The van der Waals surface area contributed by atoms with Gasteiger partial charge in [-0.3, -0.25) is 9.69 Å². The molecule has 3 fully saturated rings. The van der Waals surface area contributed by atoms with Crippen LogP contribution in [-0.4, -0.2) is 59.1 Å². The first-order valence-corrected chi connectivity index (χ1v) is 7.90. The molecule has 1 saturated carbocycles. The van der Waals surface area contributed by atoms with Crippen molar-refractivity contribution in [3.05, 3.63) is 0 Å². The standard InChI is InChI=1S/C15H26N2O2/c18-14(17-8-4-2-1-3-5-9-17)10-16-11-15(19,12-16)13-6-7-13/h13,19H,1-12H2. The highest BCUT2D eigenvalue weighted by Crippen LogP contribution is 2.44. The highest BCUT2D eigenvalue weighted by molar-refractivity contribution is 5.78. The van der Waals surface area contributed by atoms with Crippen molar-refractivity contribution in [2.45, 2.75) is 50.5 Å². The quantitative estimate of drug-likeness (QED) is 0.836. The molecule has 108 valence electrons. The molecule has 1 aliphatic carbocycles. The number of carbonyl (C=O) groups excluding carboxylic acids is 1. The molecule has 3 rings (SSSR count). The number of amides is 1. The summed E-state index contributed by atoms with van der Waals surface area (Å²) in [6, 6.07) is 0. The van der Waals surface area contributed by atoms with Gasteiger partial charge < -0.3 is 10.0 Å². The first-order chi connectivity index (χ1) is 9.17. The second-order valence-corrected chi connectivity index (χ2v) is 6.67. The molecule has 0 aromatic rings. The molecule has 0 aromatic carbocycles. The minimum Gasteiger partial charge on any atom is -0.387 e. The topological polar surface area (TPSA) is 43.8 Å². The summed E-state index contributed by atoms with van der Waals surface area (Å²) in [6.45, 7) is 3.78. The first kappa shape index (κ1) is 13.4. The van der Waals surface area contributed by atoms with Crippen LogP contribution in [0, 0.1) is 5.92 Å². The summed E-state index contributed by atoms with van der Waals surface area (Å²) >= 11 is 0. The van der Waals surface area contributed by atoms with Crippen LogP contribution >= 0.6 is 0 Å². The van der Waals surface area contributed by atoms with Gasteiger partial charge >= 0.3 is 0 Å². The lowest BCUT2D eigenvalue weighted by atomic mass is 9.89. The maximum Gasteiger partial charge on any atom is 0.236 e. The van der Waals surface area contributed by atoms with E-state index in [1.165, 1.54) is 32.1 Å². The van der Waals surface area contributed by atoms with Gasteiger partial charge in [-0.05, 0) is 31.6 Å². The molecule has 0 bridgehead atoms. The van der Waals surface area contributed by atoms with E-state index in [2.05, 4.69) is 4.90 Å². The van der Waals surface area contributed by atoms with Gasteiger partial charge in [0.25, 0.3) is 0 Å². The average molecular weight is 266 g/mol. The fraction of sp³-hybridized carbons (Fsp3) is 0.933. The third-order valence-corrected chi connectivity index (χ3v) is 4.90. The van der Waals surface area contributed by atoms with Gasteiger partial charge in [-0.15, -0.1) is 0 Å². The number of likely N-dealkylation sites (tertiary alicyclic amines) is 2. The molecular weight excluding hydrogens is 240 g/mol. The van der Waals surface area contributed by atoms with Gasteiger partial charge in [0, 0.05) is 26.2 Å². The van der Waals surface area contributed by atoms with Crippen molar-refractivity contribution in [3.63, 3.8) is 0 Å². The van der Waals surface area contributed by atoms with Crippen LogP contribution in [0.1, 0.15) is 44.9 Å². The van der Waals surface area contributed by atoms with Crippen LogP contribution in [0.2, 0.25) is 0 Å². The summed E-state index contributed by atoms with van der Waals surface area (Å²) < 4.78 is 0. The van der Waals surface area contributed by atoms with Crippen LogP contribution in [0.25, 0.3) is 0 Å². The highest BCUT2D eigenvalue weighted by Gasteiger charge is 2.52. The lowest BCUT2D eigenvalue weighted by Gasteiger charge is -2.47. The van der Waals surface area contributed by atoms with E-state index in [-0.39, 0.29) is 5.91 Å². The fourth-order valence-electron chi connectivity index (χ4n) is 3.51. The van der Waals surface area contributed by atoms with E-state index in [4.69, 9.17) is 0 Å². The smallest absolute Gasteiger partial charge is 0.236 e. The Morgan fingerprint density at radius 1 is 1.05 bits per heavy atom. The summed E-state index contributed by atoms with van der Waals surface area (Å²) in [5.74, 6) is 0.778. The Morgan fingerprint density at radius 2 is 1.63 bits per heavy atom. The lowest BCUT2D eigenvalue weighted by Crippen LogP contribution is -2.64. The van der Waals surface area contributed by atoms with Crippen molar-refractivity contribution < 1.29 is 9.90 Å². The number of hydrogen-bond acceptors (Lipinski definition) is 3. The molecule has 2 heterocycles. The van der Waals surface area contributed by atoms with Gasteiger partial charge in [-0.25, -0.2) is 0 Å². The van der Waals surface area contributed by atoms with Crippen molar-refractivity contribution in [3.8, 4) is 0 Å². The van der Waals surface area contributed by atoms with Crippen molar-refractivity contribution in [1.29, 1.82) is 0 Å². The number of hydrogen-bond donors (Lipinski definition) is 1. The Kier molecular flexibility index (Phi) is 3.81. The van der Waals surface area contributed by atoms with Crippen molar-refractivity contribution in [2.75, 3.05) is 32.7 Å². The highest BCUT2D eigenvalue weighted by atomic mass is 16.3. The number of rotatable bonds is 3. The number of aliphatic hydroxyl groups is 1. The molecule has 1 N–H and O–H groups in total. The second kappa shape index (κ2) is 5.41. The molecule has 4 heteroatoms. The van der Waals surface area contributed by atoms with Crippen molar-refractivity contribution in [1.82, 2.24) is 9.80 Å². The monoisotopic (exact) mass is 266 g/mol. The summed E-state index contributed by atoms with van der Waals surface area (Å²) in [7, 11) is 0. The predicted octanol–water partition coefficient (Wildman–Crippen LogP) is 1.24. The van der Waals surface area contributed by atoms with Crippen molar-refractivity contribution >= 4 is 5.91 Å². The zero-order valence-electron chi connectivity index (χ0n) is 11.8. The van der Waals surface area contributed by atoms with E-state index in [1.807, 2.05) is 4.90 Å². The molecule has 1 amide bonds. The van der Waals surface area contributed by atoms with E-state index >= 15 is 0 Å². The summed E-state index contributed by atoms with van der Waals surface area (Å²) in [4.78, 5) is 16.4. The molecule has 2 saturated heterocycles. The van der Waals surface area contributed by atoms with Crippen molar-refractivity contribution in [2.24, 2.45) is 5.92 Å². The van der Waals surface area contributed by atoms with E-state index in [1.54, 1.807) is 0 Å². The Balaban J connectivity index is 1.43. The van der Waals surface area contributed by atoms with Gasteiger partial charge in [0.05, 0.1) is 12.1 Å². The van der Waals surface area contributed by atoms with E-state index in [9.17, 15) is 9.90 Å². The molecule has 0 atom stereocenters. The maximum atomic E-state index is 12.3. The van der Waals surface area contributed by atoms with E-state index < -0.39 is 5.60 Å². The molecular formula is C15H26N2O2. The molecule has 0 spiro atoms. The summed E-state index contributed by atoms with van der Waals surface area (Å²) in [5, 5.41) is 10.3. The van der Waals surface area contributed by atoms with Gasteiger partial charge in [-0.1, -0.05) is 19.3 Å². The van der Waals surface area contributed by atoms with Crippen LogP contribution in [0.3, 0.4) is 0 Å². The van der Waals surface area contributed by atoms with E-state index in [0.717, 1.165) is 25.9 Å². The Labute approximate surface area is 115 Å². The third kappa shape index (κ3) is 3.11. The second-order valence-electron chi connectivity index (χ2n) is 6.67. The lowest BCUT2D eigenvalue weighted by molar-refractivity contribution is -0.145. The fourth-order valence-corrected chi connectivity index (χ4v) is 3.51. The zero-order valence-corrected chi connectivity index (χ0v) is 11.8. The molecule has 19 heavy (non-hydrogen) atoms. The minimum absolute atomic E-state index is 0.264. The number of carbonyl (C=O) groups is 1. The number of β-amino-alcohol motifs (C(OH)–C–C–N with tert-alkyl or cyclic N) is 1. The Hall–Kier alpha value is -0.610. The maximum absolute atomic E-state index is 12.3. The zero-order chi connectivity index (χ0) is 13.3. The van der Waals surface area contributed by atoms with Crippen LogP contribution < -0.4 is 0 Å². The molecule has 0 aromatic heterocycles. The van der Waals surface area contributed by atoms with Gasteiger partial charge in [0.2, 0.25) is 5.91 Å². The summed E-state index contributed by atoms with van der Waals surface area (Å²) in [6.07, 6.45) is 8.48. The Morgan fingerprint density at radius 3 is 2.21 bits per heavy atom. The molecule has 3 aliphatic rings. The first-order valence-electron chi connectivity index (χ1n) is 7.90. The molecule has 0 unspecified atom stereocenters. The average Bonchev–Trinajstić information content (AvgIpc) is 3.09.